The van der Waals surface area contributed by atoms with Crippen LogP contribution >= 0.6 is 0 Å². The van der Waals surface area contributed by atoms with Gasteiger partial charge in [-0.15, -0.1) is 6.58 Å². The average molecular weight is 260 g/mol. The normalized spacial score (nSPS) is 24.1. The quantitative estimate of drug-likeness (QED) is 0.745. The lowest BCUT2D eigenvalue weighted by Crippen LogP contribution is -2.24. The van der Waals surface area contributed by atoms with Crippen molar-refractivity contribution in [3.8, 4) is 0 Å². The van der Waals surface area contributed by atoms with Crippen molar-refractivity contribution in [2.24, 2.45) is 5.92 Å². The number of nitrogens with two attached hydrogens (primary N) is 1. The van der Waals surface area contributed by atoms with Crippen LogP contribution in [0.25, 0.3) is 11.2 Å². The number of aliphatic hydroxyl groups excluding tert-OH is 1. The van der Waals surface area contributed by atoms with E-state index in [1.165, 1.54) is 6.33 Å². The third kappa shape index (κ3) is 2.06. The molecule has 0 aromatic carbocycles. The second-order valence-corrected chi connectivity index (χ2v) is 4.79. The Morgan fingerprint density at radius 3 is 3.00 bits per heavy atom. The minimum absolute atomic E-state index is 0.120. The van der Waals surface area contributed by atoms with Crippen molar-refractivity contribution in [2.45, 2.75) is 12.8 Å². The largest absolute Gasteiger partial charge is 0.391 e. The highest BCUT2D eigenvalue weighted by atomic mass is 16.3. The van der Waals surface area contributed by atoms with E-state index in [1.54, 1.807) is 12.4 Å². The molecule has 0 spiro atoms. The van der Waals surface area contributed by atoms with Crippen LogP contribution in [-0.2, 0) is 6.67 Å². The Labute approximate surface area is 110 Å². The summed E-state index contributed by atoms with van der Waals surface area (Å²) in [5.41, 5.74) is 7.08. The van der Waals surface area contributed by atoms with Crippen molar-refractivity contribution in [2.75, 3.05) is 18.8 Å². The van der Waals surface area contributed by atoms with Crippen molar-refractivity contribution in [3.05, 3.63) is 25.3 Å². The molecule has 3 N–H and O–H groups in total. The Bertz CT molecular complexity index is 609. The number of nitrogen functional groups attached to an aromatic ring is 1. The molecule has 19 heavy (non-hydrogen) atoms. The monoisotopic (exact) mass is 260 g/mol. The van der Waals surface area contributed by atoms with Crippen LogP contribution in [-0.4, -0.2) is 48.7 Å². The third-order valence-corrected chi connectivity index (χ3v) is 3.49. The molecule has 1 fully saturated rings. The van der Waals surface area contributed by atoms with Gasteiger partial charge in [-0.1, -0.05) is 6.08 Å². The summed E-state index contributed by atoms with van der Waals surface area (Å²) in [5, 5.41) is 9.86. The number of imidazole rings is 1. The maximum Gasteiger partial charge on any atom is 0.166 e. The van der Waals surface area contributed by atoms with Gasteiger partial charge in [0.1, 0.15) is 11.8 Å². The van der Waals surface area contributed by atoms with Gasteiger partial charge in [-0.2, -0.15) is 0 Å². The zero-order valence-electron chi connectivity index (χ0n) is 10.5. The first-order valence-electron chi connectivity index (χ1n) is 6.13. The molecular formula is C12H16N6O. The molecule has 0 aliphatic carbocycles. The van der Waals surface area contributed by atoms with Gasteiger partial charge >= 0.3 is 0 Å². The number of hydrogen-bond donors (Lipinski definition) is 2. The number of nitrogens with zero attached hydrogens (tertiary/aromatic N) is 5. The van der Waals surface area contributed by atoms with E-state index in [4.69, 9.17) is 5.73 Å². The van der Waals surface area contributed by atoms with Gasteiger partial charge < -0.3 is 15.4 Å². The smallest absolute Gasteiger partial charge is 0.166 e. The Morgan fingerprint density at radius 2 is 2.26 bits per heavy atom. The summed E-state index contributed by atoms with van der Waals surface area (Å²) in [4.78, 5) is 14.5. The second-order valence-electron chi connectivity index (χ2n) is 4.79. The lowest BCUT2D eigenvalue weighted by molar-refractivity contribution is 0.151. The molecule has 3 rings (SSSR count). The van der Waals surface area contributed by atoms with Gasteiger partial charge in [-0.05, 0) is 0 Å². The average Bonchev–Trinajstić information content (AvgIpc) is 2.95. The predicted octanol–water partition coefficient (Wildman–Crippen LogP) is -0.155. The number of hydrogen-bond acceptors (Lipinski definition) is 6. The predicted molar refractivity (Wildman–Crippen MR) is 71.0 cm³/mol. The summed E-state index contributed by atoms with van der Waals surface area (Å²) in [7, 11) is 0. The van der Waals surface area contributed by atoms with Crippen molar-refractivity contribution < 1.29 is 5.11 Å². The van der Waals surface area contributed by atoms with E-state index in [2.05, 4.69) is 26.4 Å². The van der Waals surface area contributed by atoms with Crippen molar-refractivity contribution in [1.29, 1.82) is 0 Å². The van der Waals surface area contributed by atoms with Crippen LogP contribution in [0.5, 0.6) is 0 Å². The summed E-state index contributed by atoms with van der Waals surface area (Å²) in [6, 6.07) is 0. The highest BCUT2D eigenvalue weighted by Gasteiger charge is 2.29. The van der Waals surface area contributed by atoms with Gasteiger partial charge in [-0.25, -0.2) is 15.0 Å². The Kier molecular flexibility index (Phi) is 2.92. The maximum atomic E-state index is 9.86. The van der Waals surface area contributed by atoms with Crippen LogP contribution < -0.4 is 5.73 Å². The van der Waals surface area contributed by atoms with Crippen molar-refractivity contribution >= 4 is 17.0 Å². The van der Waals surface area contributed by atoms with Crippen LogP contribution in [0.15, 0.2) is 25.3 Å². The van der Waals surface area contributed by atoms with E-state index >= 15 is 0 Å². The molecule has 100 valence electrons. The molecule has 0 bridgehead atoms. The first kappa shape index (κ1) is 12.1. The molecule has 0 amide bonds. The minimum atomic E-state index is -0.355. The maximum absolute atomic E-state index is 9.86. The van der Waals surface area contributed by atoms with E-state index in [0.717, 1.165) is 6.54 Å². The Morgan fingerprint density at radius 1 is 1.42 bits per heavy atom. The standard InChI is InChI=1S/C12H16N6O/c1-2-8-3-17(4-9(8)19)7-18-6-16-10-11(13)14-5-15-12(10)18/h2,5-6,8-9,19H,1,3-4,7H2,(H2,13,14,15)/t8-,9-/m0/s1. The van der Waals surface area contributed by atoms with E-state index in [9.17, 15) is 5.11 Å². The van der Waals surface area contributed by atoms with Gasteiger partial charge in [0.15, 0.2) is 11.5 Å². The number of aliphatic hydroxyl groups is 1. The zero-order valence-corrected chi connectivity index (χ0v) is 10.5. The van der Waals surface area contributed by atoms with Crippen molar-refractivity contribution in [1.82, 2.24) is 24.4 Å². The molecule has 2 aromatic heterocycles. The molecule has 0 unspecified atom stereocenters. The molecule has 1 saturated heterocycles. The number of rotatable bonds is 3. The number of likely N-dealkylation sites (tertiary alicyclic amines) is 1. The molecule has 1 aliphatic heterocycles. The van der Waals surface area contributed by atoms with E-state index in [-0.39, 0.29) is 12.0 Å². The fourth-order valence-corrected chi connectivity index (χ4v) is 2.46. The third-order valence-electron chi connectivity index (χ3n) is 3.49. The fraction of sp³-hybridized carbons (Fsp3) is 0.417. The summed E-state index contributed by atoms with van der Waals surface area (Å²) < 4.78 is 1.91. The summed E-state index contributed by atoms with van der Waals surface area (Å²) in [5.74, 6) is 0.503. The first-order chi connectivity index (χ1) is 9.19. The number of fused-ring (bicyclic) bond motifs is 1. The summed E-state index contributed by atoms with van der Waals surface area (Å²) in [6.45, 7) is 5.77. The van der Waals surface area contributed by atoms with Crippen LogP contribution in [0.4, 0.5) is 5.82 Å². The summed E-state index contributed by atoms with van der Waals surface area (Å²) in [6.07, 6.45) is 4.58. The van der Waals surface area contributed by atoms with Gasteiger partial charge in [0.05, 0.1) is 19.1 Å². The molecule has 7 nitrogen and oxygen atoms in total. The fourth-order valence-electron chi connectivity index (χ4n) is 2.46. The minimum Gasteiger partial charge on any atom is -0.391 e. The first-order valence-corrected chi connectivity index (χ1v) is 6.13. The molecule has 3 heterocycles. The zero-order chi connectivity index (χ0) is 13.4. The van der Waals surface area contributed by atoms with Crippen LogP contribution in [0.2, 0.25) is 0 Å². The van der Waals surface area contributed by atoms with Gasteiger partial charge in [0.2, 0.25) is 0 Å². The van der Waals surface area contributed by atoms with E-state index < -0.39 is 0 Å². The molecule has 2 atom stereocenters. The van der Waals surface area contributed by atoms with E-state index in [0.29, 0.717) is 30.2 Å². The molecule has 0 saturated carbocycles. The highest BCUT2D eigenvalue weighted by molar-refractivity contribution is 5.80. The molecule has 1 aliphatic rings. The Hall–Kier alpha value is -1.99. The van der Waals surface area contributed by atoms with Crippen LogP contribution in [0, 0.1) is 5.92 Å². The second kappa shape index (κ2) is 4.60. The number of aromatic nitrogens is 4. The topological polar surface area (TPSA) is 93.1 Å². The number of anilines is 1. The molecule has 2 aromatic rings. The SMILES string of the molecule is C=C[C@H]1CN(Cn2cnc3c(N)ncnc32)C[C@@H]1O. The molecule has 0 radical (unpaired) electrons. The Balaban J connectivity index is 1.83. The van der Waals surface area contributed by atoms with Gasteiger partial charge in [-0.3, -0.25) is 4.90 Å². The van der Waals surface area contributed by atoms with Crippen molar-refractivity contribution in [3.63, 3.8) is 0 Å². The number of β-amino-alcohol motifs (C(OH)–C–C–N with tert-alkyl or cyclic N) is 1. The highest BCUT2D eigenvalue weighted by Crippen LogP contribution is 2.20. The van der Waals surface area contributed by atoms with Crippen LogP contribution in [0.1, 0.15) is 0 Å². The lowest BCUT2D eigenvalue weighted by atomic mass is 10.1. The molecular weight excluding hydrogens is 244 g/mol. The molecule has 7 heteroatoms. The lowest BCUT2D eigenvalue weighted by Gasteiger charge is -2.15. The van der Waals surface area contributed by atoms with Gasteiger partial charge in [0.25, 0.3) is 0 Å². The van der Waals surface area contributed by atoms with Crippen LogP contribution in [0.3, 0.4) is 0 Å². The van der Waals surface area contributed by atoms with E-state index in [1.807, 2.05) is 4.57 Å². The summed E-state index contributed by atoms with van der Waals surface area (Å²) >= 11 is 0. The van der Waals surface area contributed by atoms with Gasteiger partial charge in [0, 0.05) is 19.0 Å².